The van der Waals surface area contributed by atoms with Crippen LogP contribution in [0.4, 0.5) is 0 Å². The van der Waals surface area contributed by atoms with Gasteiger partial charge in [0, 0.05) is 29.7 Å². The zero-order valence-electron chi connectivity index (χ0n) is 7.44. The first-order valence-electron chi connectivity index (χ1n) is 4.28. The maximum atomic E-state index is 4.33. The molecule has 0 amide bonds. The number of pyridine rings is 1. The first kappa shape index (κ1) is 9.33. The van der Waals surface area contributed by atoms with E-state index in [1.807, 2.05) is 12.1 Å². The Labute approximate surface area is 89.9 Å². The quantitative estimate of drug-likeness (QED) is 0.848. The third-order valence-corrected chi connectivity index (χ3v) is 2.18. The highest BCUT2D eigenvalue weighted by molar-refractivity contribution is 9.09. The molecule has 2 heterocycles. The fraction of sp³-hybridized carbons (Fsp3) is 0.222. The molecule has 0 aliphatic carbocycles. The molecule has 2 rings (SSSR count). The van der Waals surface area contributed by atoms with E-state index in [1.165, 1.54) is 0 Å². The van der Waals surface area contributed by atoms with Gasteiger partial charge >= 0.3 is 0 Å². The number of aromatic nitrogens is 4. The summed E-state index contributed by atoms with van der Waals surface area (Å²) < 4.78 is 0. The van der Waals surface area contributed by atoms with Crippen LogP contribution < -0.4 is 0 Å². The highest BCUT2D eigenvalue weighted by Crippen LogP contribution is 2.12. The molecule has 2 aromatic heterocycles. The Morgan fingerprint density at radius 3 is 3.07 bits per heavy atom. The number of hydrogen-bond donors (Lipinski definition) is 1. The molecule has 0 saturated heterocycles. The molecule has 4 nitrogen and oxygen atoms in total. The van der Waals surface area contributed by atoms with Crippen LogP contribution in [0.25, 0.3) is 11.4 Å². The topological polar surface area (TPSA) is 54.5 Å². The van der Waals surface area contributed by atoms with Crippen molar-refractivity contribution in [1.82, 2.24) is 20.2 Å². The van der Waals surface area contributed by atoms with Gasteiger partial charge in [-0.2, -0.15) is 5.10 Å². The average molecular weight is 253 g/mol. The van der Waals surface area contributed by atoms with Gasteiger partial charge in [-0.1, -0.05) is 15.9 Å². The van der Waals surface area contributed by atoms with Crippen LogP contribution in [0.3, 0.4) is 0 Å². The van der Waals surface area contributed by atoms with Gasteiger partial charge in [0.15, 0.2) is 5.82 Å². The lowest BCUT2D eigenvalue weighted by molar-refractivity contribution is 0.957. The van der Waals surface area contributed by atoms with E-state index in [9.17, 15) is 0 Å². The monoisotopic (exact) mass is 252 g/mol. The van der Waals surface area contributed by atoms with Crippen LogP contribution in [0, 0.1) is 0 Å². The third-order valence-electron chi connectivity index (χ3n) is 1.78. The van der Waals surface area contributed by atoms with Gasteiger partial charge in [-0.05, 0) is 12.1 Å². The molecule has 0 bridgehead atoms. The SMILES string of the molecule is BrCCc1nc(-c2cccnc2)n[nH]1. The first-order chi connectivity index (χ1) is 6.90. The lowest BCUT2D eigenvalue weighted by Crippen LogP contribution is -1.88. The van der Waals surface area contributed by atoms with Crippen LogP contribution in [-0.2, 0) is 6.42 Å². The van der Waals surface area contributed by atoms with E-state index in [-0.39, 0.29) is 0 Å². The number of aryl methyl sites for hydroxylation is 1. The fourth-order valence-corrected chi connectivity index (χ4v) is 1.50. The summed E-state index contributed by atoms with van der Waals surface area (Å²) in [7, 11) is 0. The van der Waals surface area contributed by atoms with E-state index in [0.717, 1.165) is 23.1 Å². The largest absolute Gasteiger partial charge is 0.264 e. The molecule has 0 unspecified atom stereocenters. The predicted molar refractivity (Wildman–Crippen MR) is 57.1 cm³/mol. The Morgan fingerprint density at radius 2 is 2.36 bits per heavy atom. The predicted octanol–water partition coefficient (Wildman–Crippen LogP) is 1.80. The standard InChI is InChI=1S/C9H9BrN4/c10-4-3-8-12-9(14-13-8)7-2-1-5-11-6-7/h1-2,5-6H,3-4H2,(H,12,13,14). The van der Waals surface area contributed by atoms with Crippen molar-refractivity contribution in [3.63, 3.8) is 0 Å². The Hall–Kier alpha value is -1.23. The number of halogens is 1. The molecule has 0 spiro atoms. The minimum Gasteiger partial charge on any atom is -0.264 e. The molecule has 0 atom stereocenters. The normalized spacial score (nSPS) is 10.4. The number of rotatable bonds is 3. The summed E-state index contributed by atoms with van der Waals surface area (Å²) in [6.07, 6.45) is 4.34. The molecular weight excluding hydrogens is 244 g/mol. The summed E-state index contributed by atoms with van der Waals surface area (Å²) in [6.45, 7) is 0. The van der Waals surface area contributed by atoms with Crippen molar-refractivity contribution >= 4 is 15.9 Å². The molecule has 2 aromatic rings. The summed E-state index contributed by atoms with van der Waals surface area (Å²) in [5, 5.41) is 7.88. The van der Waals surface area contributed by atoms with Gasteiger partial charge in [-0.25, -0.2) is 4.98 Å². The zero-order valence-corrected chi connectivity index (χ0v) is 9.03. The van der Waals surface area contributed by atoms with Crippen molar-refractivity contribution in [1.29, 1.82) is 0 Å². The van der Waals surface area contributed by atoms with Crippen molar-refractivity contribution < 1.29 is 0 Å². The van der Waals surface area contributed by atoms with Crippen LogP contribution in [0.1, 0.15) is 5.82 Å². The van der Waals surface area contributed by atoms with Crippen LogP contribution >= 0.6 is 15.9 Å². The van der Waals surface area contributed by atoms with Crippen molar-refractivity contribution in [3.8, 4) is 11.4 Å². The Bertz CT molecular complexity index is 398. The van der Waals surface area contributed by atoms with Crippen LogP contribution in [0.2, 0.25) is 0 Å². The van der Waals surface area contributed by atoms with E-state index in [2.05, 4.69) is 36.1 Å². The zero-order chi connectivity index (χ0) is 9.80. The molecular formula is C9H9BrN4. The van der Waals surface area contributed by atoms with Gasteiger partial charge < -0.3 is 0 Å². The van der Waals surface area contributed by atoms with E-state index in [0.29, 0.717) is 5.82 Å². The van der Waals surface area contributed by atoms with Gasteiger partial charge in [0.1, 0.15) is 5.82 Å². The molecule has 0 aliphatic heterocycles. The molecule has 14 heavy (non-hydrogen) atoms. The van der Waals surface area contributed by atoms with Crippen molar-refractivity contribution in [2.75, 3.05) is 5.33 Å². The Kier molecular flexibility index (Phi) is 2.88. The van der Waals surface area contributed by atoms with E-state index < -0.39 is 0 Å². The van der Waals surface area contributed by atoms with Crippen LogP contribution in [0.15, 0.2) is 24.5 Å². The third kappa shape index (κ3) is 1.98. The van der Waals surface area contributed by atoms with Crippen LogP contribution in [0.5, 0.6) is 0 Å². The average Bonchev–Trinajstić information content (AvgIpc) is 2.68. The number of aromatic amines is 1. The molecule has 1 N–H and O–H groups in total. The highest BCUT2D eigenvalue weighted by atomic mass is 79.9. The second-order valence-corrected chi connectivity index (χ2v) is 3.58. The first-order valence-corrected chi connectivity index (χ1v) is 5.40. The van der Waals surface area contributed by atoms with E-state index >= 15 is 0 Å². The van der Waals surface area contributed by atoms with Gasteiger partial charge in [0.25, 0.3) is 0 Å². The molecule has 0 fully saturated rings. The molecule has 72 valence electrons. The van der Waals surface area contributed by atoms with E-state index in [1.54, 1.807) is 12.4 Å². The molecule has 0 aromatic carbocycles. The number of H-pyrrole nitrogens is 1. The number of hydrogen-bond acceptors (Lipinski definition) is 3. The summed E-state index contributed by atoms with van der Waals surface area (Å²) >= 11 is 3.35. The summed E-state index contributed by atoms with van der Waals surface area (Å²) in [4.78, 5) is 8.35. The summed E-state index contributed by atoms with van der Waals surface area (Å²) in [5.74, 6) is 1.59. The molecule has 0 aliphatic rings. The smallest absolute Gasteiger partial charge is 0.182 e. The molecule has 0 saturated carbocycles. The minimum atomic E-state index is 0.703. The maximum absolute atomic E-state index is 4.33. The molecule has 5 heteroatoms. The van der Waals surface area contributed by atoms with Gasteiger partial charge in [-0.3, -0.25) is 10.1 Å². The highest BCUT2D eigenvalue weighted by Gasteiger charge is 2.04. The van der Waals surface area contributed by atoms with Gasteiger partial charge in [-0.15, -0.1) is 0 Å². The number of alkyl halides is 1. The lowest BCUT2D eigenvalue weighted by atomic mass is 10.3. The number of nitrogens with zero attached hydrogens (tertiary/aromatic N) is 3. The molecule has 0 radical (unpaired) electrons. The second kappa shape index (κ2) is 4.32. The lowest BCUT2D eigenvalue weighted by Gasteiger charge is -1.90. The van der Waals surface area contributed by atoms with Crippen molar-refractivity contribution in [2.45, 2.75) is 6.42 Å². The van der Waals surface area contributed by atoms with Crippen molar-refractivity contribution in [3.05, 3.63) is 30.4 Å². The minimum absolute atomic E-state index is 0.703. The van der Waals surface area contributed by atoms with E-state index in [4.69, 9.17) is 0 Å². The van der Waals surface area contributed by atoms with Gasteiger partial charge in [0.2, 0.25) is 0 Å². The fourth-order valence-electron chi connectivity index (χ4n) is 1.12. The maximum Gasteiger partial charge on any atom is 0.182 e. The summed E-state index contributed by atoms with van der Waals surface area (Å²) in [5.41, 5.74) is 0.935. The second-order valence-electron chi connectivity index (χ2n) is 2.79. The van der Waals surface area contributed by atoms with Crippen LogP contribution in [-0.4, -0.2) is 25.5 Å². The Morgan fingerprint density at radius 1 is 1.43 bits per heavy atom. The number of nitrogens with one attached hydrogen (secondary N) is 1. The van der Waals surface area contributed by atoms with Crippen molar-refractivity contribution in [2.24, 2.45) is 0 Å². The summed E-state index contributed by atoms with van der Waals surface area (Å²) in [6, 6.07) is 3.81. The Balaban J connectivity index is 2.25. The van der Waals surface area contributed by atoms with Gasteiger partial charge in [0.05, 0.1) is 0 Å².